The number of halogens is 1. The summed E-state index contributed by atoms with van der Waals surface area (Å²) in [5.74, 6) is 0.444. The summed E-state index contributed by atoms with van der Waals surface area (Å²) in [5, 5.41) is 8.21. The fourth-order valence-corrected chi connectivity index (χ4v) is 3.74. The van der Waals surface area contributed by atoms with Gasteiger partial charge in [0, 0.05) is 22.9 Å². The standard InChI is InChI=1S/C20H15ClN4O2/c1-11-18-14(12-6-8-13(21)9-7-12)10-17(26)23-19(18)25(24-11)20-22-15-4-2-3-5-16(15)27-20/h2-9,14H,10H2,1H3,(H,23,26)/t14-/m0/s1. The minimum atomic E-state index is -0.0934. The lowest BCUT2D eigenvalue weighted by Gasteiger charge is -2.24. The molecule has 0 bridgehead atoms. The van der Waals surface area contributed by atoms with E-state index in [2.05, 4.69) is 15.4 Å². The quantitative estimate of drug-likeness (QED) is 0.559. The molecule has 7 heteroatoms. The van der Waals surface area contributed by atoms with Gasteiger partial charge in [-0.25, -0.2) is 0 Å². The maximum absolute atomic E-state index is 12.4. The van der Waals surface area contributed by atoms with Gasteiger partial charge in [0.1, 0.15) is 11.3 Å². The van der Waals surface area contributed by atoms with Crippen molar-refractivity contribution in [3.63, 3.8) is 0 Å². The monoisotopic (exact) mass is 378 g/mol. The third-order valence-electron chi connectivity index (χ3n) is 4.84. The molecule has 5 rings (SSSR count). The molecule has 0 saturated heterocycles. The van der Waals surface area contributed by atoms with Crippen LogP contribution >= 0.6 is 11.6 Å². The predicted molar refractivity (Wildman–Crippen MR) is 102 cm³/mol. The summed E-state index contributed by atoms with van der Waals surface area (Å²) >= 11 is 6.02. The van der Waals surface area contributed by atoms with Crippen LogP contribution in [-0.4, -0.2) is 20.7 Å². The van der Waals surface area contributed by atoms with Gasteiger partial charge in [-0.1, -0.05) is 35.9 Å². The maximum atomic E-state index is 12.4. The average Bonchev–Trinajstić information content (AvgIpc) is 3.23. The van der Waals surface area contributed by atoms with E-state index in [1.54, 1.807) is 4.68 Å². The Labute approximate surface area is 159 Å². The number of carbonyl (C=O) groups is 1. The highest BCUT2D eigenvalue weighted by Crippen LogP contribution is 2.40. The van der Waals surface area contributed by atoms with Crippen molar-refractivity contribution in [1.29, 1.82) is 0 Å². The molecule has 6 nitrogen and oxygen atoms in total. The number of rotatable bonds is 2. The fourth-order valence-electron chi connectivity index (χ4n) is 3.62. The van der Waals surface area contributed by atoms with Crippen LogP contribution in [-0.2, 0) is 4.79 Å². The molecular formula is C20H15ClN4O2. The minimum absolute atomic E-state index is 0.0697. The molecule has 1 atom stereocenters. The number of nitrogens with one attached hydrogen (secondary N) is 1. The number of hydrogen-bond donors (Lipinski definition) is 1. The molecular weight excluding hydrogens is 364 g/mol. The Bertz CT molecular complexity index is 1140. The molecule has 1 amide bonds. The van der Waals surface area contributed by atoms with Crippen molar-refractivity contribution >= 4 is 34.4 Å². The lowest BCUT2D eigenvalue weighted by atomic mass is 9.86. The first-order valence-electron chi connectivity index (χ1n) is 8.61. The number of fused-ring (bicyclic) bond motifs is 2. The molecule has 134 valence electrons. The number of carbonyl (C=O) groups excluding carboxylic acids is 1. The molecule has 0 spiro atoms. The molecule has 1 N–H and O–H groups in total. The van der Waals surface area contributed by atoms with Gasteiger partial charge >= 0.3 is 6.01 Å². The molecule has 0 aliphatic carbocycles. The summed E-state index contributed by atoms with van der Waals surface area (Å²) in [6, 6.07) is 15.4. The summed E-state index contributed by atoms with van der Waals surface area (Å²) < 4.78 is 7.42. The summed E-state index contributed by atoms with van der Waals surface area (Å²) in [4.78, 5) is 16.9. The average molecular weight is 379 g/mol. The SMILES string of the molecule is Cc1nn(-c2nc3ccccc3o2)c2c1[C@H](c1ccc(Cl)cc1)CC(=O)N2. The molecule has 27 heavy (non-hydrogen) atoms. The minimum Gasteiger partial charge on any atom is -0.422 e. The Balaban J connectivity index is 1.67. The maximum Gasteiger partial charge on any atom is 0.325 e. The fraction of sp³-hybridized carbons (Fsp3) is 0.150. The first-order valence-corrected chi connectivity index (χ1v) is 8.99. The number of amides is 1. The van der Waals surface area contributed by atoms with E-state index in [4.69, 9.17) is 16.0 Å². The van der Waals surface area contributed by atoms with Gasteiger partial charge < -0.3 is 9.73 Å². The molecule has 0 radical (unpaired) electrons. The summed E-state index contributed by atoms with van der Waals surface area (Å²) in [5.41, 5.74) is 4.23. The number of hydrogen-bond acceptors (Lipinski definition) is 4. The number of aryl methyl sites for hydroxylation is 1. The van der Waals surface area contributed by atoms with Gasteiger partial charge in [-0.2, -0.15) is 14.8 Å². The number of nitrogens with zero attached hydrogens (tertiary/aromatic N) is 3. The molecule has 0 fully saturated rings. The summed E-state index contributed by atoms with van der Waals surface area (Å²) in [6.07, 6.45) is 0.356. The number of benzene rings is 2. The molecule has 0 saturated carbocycles. The number of para-hydroxylation sites is 2. The van der Waals surface area contributed by atoms with Crippen LogP contribution in [0.25, 0.3) is 17.1 Å². The molecule has 2 aromatic heterocycles. The van der Waals surface area contributed by atoms with Crippen LogP contribution in [0.2, 0.25) is 5.02 Å². The lowest BCUT2D eigenvalue weighted by molar-refractivity contribution is -0.116. The third-order valence-corrected chi connectivity index (χ3v) is 5.09. The van der Waals surface area contributed by atoms with E-state index in [-0.39, 0.29) is 11.8 Å². The Hall–Kier alpha value is -3.12. The molecule has 3 heterocycles. The smallest absolute Gasteiger partial charge is 0.325 e. The number of aromatic nitrogens is 3. The van der Waals surface area contributed by atoms with Gasteiger partial charge in [0.15, 0.2) is 5.58 Å². The van der Waals surface area contributed by atoms with Gasteiger partial charge in [-0.3, -0.25) is 4.79 Å². The molecule has 2 aromatic carbocycles. The first kappa shape index (κ1) is 16.1. The number of anilines is 1. The van der Waals surface area contributed by atoms with Crippen molar-refractivity contribution in [1.82, 2.24) is 14.8 Å². The van der Waals surface area contributed by atoms with Gasteiger partial charge in [0.2, 0.25) is 5.91 Å². The van der Waals surface area contributed by atoms with Crippen molar-refractivity contribution in [2.45, 2.75) is 19.3 Å². The van der Waals surface area contributed by atoms with Crippen LogP contribution in [0.15, 0.2) is 52.9 Å². The van der Waals surface area contributed by atoms with E-state index in [1.807, 2.05) is 55.5 Å². The van der Waals surface area contributed by atoms with Crippen LogP contribution in [0, 0.1) is 6.92 Å². The zero-order valence-corrected chi connectivity index (χ0v) is 15.2. The van der Waals surface area contributed by atoms with Gasteiger partial charge in [-0.15, -0.1) is 0 Å². The van der Waals surface area contributed by atoms with Gasteiger partial charge in [0.05, 0.1) is 5.69 Å². The van der Waals surface area contributed by atoms with E-state index < -0.39 is 0 Å². The Morgan fingerprint density at radius 2 is 1.96 bits per heavy atom. The second-order valence-corrected chi connectivity index (χ2v) is 7.02. The number of oxazole rings is 1. The van der Waals surface area contributed by atoms with Crippen molar-refractivity contribution in [2.24, 2.45) is 0 Å². The van der Waals surface area contributed by atoms with Gasteiger partial charge in [0.25, 0.3) is 0 Å². The second kappa shape index (κ2) is 5.96. The van der Waals surface area contributed by atoms with Crippen molar-refractivity contribution in [3.05, 3.63) is 70.4 Å². The Morgan fingerprint density at radius 3 is 2.74 bits per heavy atom. The topological polar surface area (TPSA) is 73.0 Å². The van der Waals surface area contributed by atoms with E-state index in [9.17, 15) is 4.79 Å². The highest BCUT2D eigenvalue weighted by molar-refractivity contribution is 6.30. The molecule has 1 aliphatic rings. The molecule has 1 aliphatic heterocycles. The summed E-state index contributed by atoms with van der Waals surface area (Å²) in [7, 11) is 0. The Kier molecular flexibility index (Phi) is 3.55. The molecule has 0 unspecified atom stereocenters. The van der Waals surface area contributed by atoms with Crippen LogP contribution < -0.4 is 5.32 Å². The van der Waals surface area contributed by atoms with Crippen LogP contribution in [0.3, 0.4) is 0 Å². The zero-order valence-electron chi connectivity index (χ0n) is 14.4. The van der Waals surface area contributed by atoms with E-state index in [0.29, 0.717) is 28.9 Å². The molecule has 4 aromatic rings. The normalized spacial score (nSPS) is 16.4. The highest BCUT2D eigenvalue weighted by atomic mass is 35.5. The summed E-state index contributed by atoms with van der Waals surface area (Å²) in [6.45, 7) is 1.93. The third kappa shape index (κ3) is 2.61. The van der Waals surface area contributed by atoms with Crippen LogP contribution in [0.1, 0.15) is 29.2 Å². The van der Waals surface area contributed by atoms with Crippen LogP contribution in [0.4, 0.5) is 5.82 Å². The van der Waals surface area contributed by atoms with Crippen molar-refractivity contribution < 1.29 is 9.21 Å². The van der Waals surface area contributed by atoms with Crippen LogP contribution in [0.5, 0.6) is 0 Å². The van der Waals surface area contributed by atoms with Crippen molar-refractivity contribution in [3.8, 4) is 6.01 Å². The van der Waals surface area contributed by atoms with Crippen molar-refractivity contribution in [2.75, 3.05) is 5.32 Å². The predicted octanol–water partition coefficient (Wildman–Crippen LogP) is 4.45. The lowest BCUT2D eigenvalue weighted by Crippen LogP contribution is -2.25. The zero-order chi connectivity index (χ0) is 18.5. The Morgan fingerprint density at radius 1 is 1.19 bits per heavy atom. The second-order valence-electron chi connectivity index (χ2n) is 6.58. The largest absolute Gasteiger partial charge is 0.422 e. The van der Waals surface area contributed by atoms with E-state index in [0.717, 1.165) is 22.3 Å². The van der Waals surface area contributed by atoms with Gasteiger partial charge in [-0.05, 0) is 36.8 Å². The first-order chi connectivity index (χ1) is 13.1. The van der Waals surface area contributed by atoms with E-state index >= 15 is 0 Å². The highest BCUT2D eigenvalue weighted by Gasteiger charge is 2.33. The van der Waals surface area contributed by atoms with E-state index in [1.165, 1.54) is 0 Å².